The van der Waals surface area contributed by atoms with Gasteiger partial charge in [0.1, 0.15) is 28.8 Å². The van der Waals surface area contributed by atoms with Gasteiger partial charge in [0.05, 0.1) is 11.4 Å². The lowest BCUT2D eigenvalue weighted by Gasteiger charge is -2.22. The fourth-order valence-corrected chi connectivity index (χ4v) is 3.30. The number of aromatic nitrogens is 3. The molecule has 1 aliphatic heterocycles. The summed E-state index contributed by atoms with van der Waals surface area (Å²) in [5, 5.41) is 1.32. The zero-order chi connectivity index (χ0) is 14.8. The first-order valence-electron chi connectivity index (χ1n) is 6.90. The maximum atomic E-state index is 6.19. The molecular formula is C15H15ClN3O2. The predicted octanol–water partition coefficient (Wildman–Crippen LogP) is 2.83. The van der Waals surface area contributed by atoms with E-state index in [9.17, 15) is 0 Å². The molecule has 1 radical (unpaired) electrons. The van der Waals surface area contributed by atoms with Crippen LogP contribution < -0.4 is 0 Å². The molecule has 2 aromatic rings. The Morgan fingerprint density at radius 1 is 1.33 bits per heavy atom. The number of hydrogen-bond acceptors (Lipinski definition) is 4. The number of halogens is 1. The first kappa shape index (κ1) is 13.2. The van der Waals surface area contributed by atoms with Gasteiger partial charge in [-0.05, 0) is 32.9 Å². The van der Waals surface area contributed by atoms with Gasteiger partial charge in [-0.3, -0.25) is 0 Å². The average molecular weight is 305 g/mol. The Balaban J connectivity index is 1.80. The van der Waals surface area contributed by atoms with Crippen LogP contribution in [0.1, 0.15) is 25.7 Å². The zero-order valence-electron chi connectivity index (χ0n) is 12.0. The van der Waals surface area contributed by atoms with Gasteiger partial charge in [-0.2, -0.15) is 0 Å². The molecule has 0 aromatic carbocycles. The Morgan fingerprint density at radius 3 is 2.95 bits per heavy atom. The molecule has 2 aromatic heterocycles. The van der Waals surface area contributed by atoms with Crippen LogP contribution in [0.15, 0.2) is 18.3 Å². The van der Waals surface area contributed by atoms with Gasteiger partial charge in [0.15, 0.2) is 5.79 Å². The highest BCUT2D eigenvalue weighted by Crippen LogP contribution is 2.40. The molecule has 0 unspecified atom stereocenters. The molecular weight excluding hydrogens is 290 g/mol. The molecule has 1 aliphatic carbocycles. The first-order chi connectivity index (χ1) is 9.94. The molecule has 5 nitrogen and oxygen atoms in total. The lowest BCUT2D eigenvalue weighted by atomic mass is 10.2. The Morgan fingerprint density at radius 2 is 2.14 bits per heavy atom. The predicted molar refractivity (Wildman–Crippen MR) is 78.0 cm³/mol. The van der Waals surface area contributed by atoms with E-state index in [1.807, 2.05) is 39.1 Å². The van der Waals surface area contributed by atoms with Crippen molar-refractivity contribution in [2.45, 2.75) is 44.8 Å². The van der Waals surface area contributed by atoms with Gasteiger partial charge in [0.2, 0.25) is 0 Å². The number of fused-ring (bicyclic) bond motifs is 2. The summed E-state index contributed by atoms with van der Waals surface area (Å²) >= 11 is 6.19. The molecule has 4 rings (SSSR count). The van der Waals surface area contributed by atoms with Crippen molar-refractivity contribution in [3.8, 4) is 0 Å². The highest BCUT2D eigenvalue weighted by Gasteiger charge is 2.47. The van der Waals surface area contributed by atoms with Crippen LogP contribution in [0, 0.1) is 13.0 Å². The van der Waals surface area contributed by atoms with Crippen LogP contribution in [-0.2, 0) is 9.47 Å². The van der Waals surface area contributed by atoms with Gasteiger partial charge in [-0.25, -0.2) is 9.97 Å². The Bertz CT molecular complexity index is 753. The van der Waals surface area contributed by atoms with Crippen molar-refractivity contribution in [2.24, 2.45) is 0 Å². The van der Waals surface area contributed by atoms with Gasteiger partial charge in [0.25, 0.3) is 0 Å². The van der Waals surface area contributed by atoms with Crippen molar-refractivity contribution in [2.75, 3.05) is 0 Å². The third-order valence-corrected chi connectivity index (χ3v) is 4.14. The molecule has 3 atom stereocenters. The van der Waals surface area contributed by atoms with E-state index in [4.69, 9.17) is 21.1 Å². The number of hydrogen-bond donors (Lipinski definition) is 0. The van der Waals surface area contributed by atoms with Crippen molar-refractivity contribution in [1.29, 1.82) is 0 Å². The summed E-state index contributed by atoms with van der Waals surface area (Å²) in [6, 6.07) is 1.93. The first-order valence-corrected chi connectivity index (χ1v) is 7.28. The van der Waals surface area contributed by atoms with Gasteiger partial charge < -0.3 is 14.0 Å². The highest BCUT2D eigenvalue weighted by molar-refractivity contribution is 6.33. The zero-order valence-corrected chi connectivity index (χ0v) is 12.8. The second-order valence-corrected chi connectivity index (χ2v) is 6.22. The van der Waals surface area contributed by atoms with Crippen LogP contribution in [0.5, 0.6) is 0 Å². The third-order valence-electron chi connectivity index (χ3n) is 3.86. The molecule has 6 heteroatoms. The number of nitrogens with zero attached hydrogens (tertiary/aromatic N) is 3. The molecule has 0 N–H and O–H groups in total. The summed E-state index contributed by atoms with van der Waals surface area (Å²) in [6.07, 6.45) is 6.95. The lowest BCUT2D eigenvalue weighted by Crippen LogP contribution is -2.27. The molecule has 1 saturated heterocycles. The summed E-state index contributed by atoms with van der Waals surface area (Å²) < 4.78 is 13.9. The Labute approximate surface area is 127 Å². The van der Waals surface area contributed by atoms with Crippen LogP contribution in [0.2, 0.25) is 5.15 Å². The summed E-state index contributed by atoms with van der Waals surface area (Å²) in [4.78, 5) is 8.71. The van der Waals surface area contributed by atoms with E-state index in [0.29, 0.717) is 11.0 Å². The van der Waals surface area contributed by atoms with Crippen LogP contribution in [0.25, 0.3) is 11.0 Å². The minimum Gasteiger partial charge on any atom is -0.342 e. The SMILES string of the molecule is Cc1nc(Cl)c2ccn([C@@H]3C=[C][C@H]4OC(C)(C)O[C@@H]34)c2n1. The Kier molecular flexibility index (Phi) is 2.70. The van der Waals surface area contributed by atoms with Gasteiger partial charge >= 0.3 is 0 Å². The molecule has 21 heavy (non-hydrogen) atoms. The maximum Gasteiger partial charge on any atom is 0.164 e. The van der Waals surface area contributed by atoms with Crippen molar-refractivity contribution < 1.29 is 9.47 Å². The molecule has 0 spiro atoms. The molecule has 1 fully saturated rings. The fraction of sp³-hybridized carbons (Fsp3) is 0.467. The van der Waals surface area contributed by atoms with Crippen LogP contribution in [0.3, 0.4) is 0 Å². The summed E-state index contributed by atoms with van der Waals surface area (Å²) in [7, 11) is 0. The molecule has 2 aliphatic rings. The second kappa shape index (κ2) is 4.29. The van der Waals surface area contributed by atoms with Crippen molar-refractivity contribution in [3.63, 3.8) is 0 Å². The van der Waals surface area contributed by atoms with Crippen LogP contribution in [-0.4, -0.2) is 32.5 Å². The summed E-state index contributed by atoms with van der Waals surface area (Å²) in [5.74, 6) is 0.0687. The minimum atomic E-state index is -0.583. The summed E-state index contributed by atoms with van der Waals surface area (Å²) in [5.41, 5.74) is 0.810. The van der Waals surface area contributed by atoms with E-state index in [1.165, 1.54) is 0 Å². The van der Waals surface area contributed by atoms with Crippen molar-refractivity contribution in [3.05, 3.63) is 35.4 Å². The monoisotopic (exact) mass is 304 g/mol. The molecule has 0 bridgehead atoms. The maximum absolute atomic E-state index is 6.19. The van der Waals surface area contributed by atoms with Gasteiger partial charge in [-0.1, -0.05) is 17.7 Å². The van der Waals surface area contributed by atoms with Crippen LogP contribution in [0.4, 0.5) is 0 Å². The van der Waals surface area contributed by atoms with Crippen molar-refractivity contribution >= 4 is 22.6 Å². The molecule has 0 amide bonds. The van der Waals surface area contributed by atoms with E-state index in [1.54, 1.807) is 0 Å². The third kappa shape index (κ3) is 1.99. The fourth-order valence-electron chi connectivity index (χ4n) is 3.03. The van der Waals surface area contributed by atoms with Gasteiger partial charge in [0, 0.05) is 6.20 Å². The van der Waals surface area contributed by atoms with Crippen molar-refractivity contribution in [1.82, 2.24) is 14.5 Å². The number of rotatable bonds is 1. The normalized spacial score (nSPS) is 30.2. The highest BCUT2D eigenvalue weighted by atomic mass is 35.5. The lowest BCUT2D eigenvalue weighted by molar-refractivity contribution is -0.147. The number of ether oxygens (including phenoxy) is 2. The number of aryl methyl sites for hydroxylation is 1. The minimum absolute atomic E-state index is 0.000332. The smallest absolute Gasteiger partial charge is 0.164 e. The van der Waals surface area contributed by atoms with E-state index in [2.05, 4.69) is 20.6 Å². The van der Waals surface area contributed by atoms with E-state index in [-0.39, 0.29) is 18.2 Å². The molecule has 0 saturated carbocycles. The van der Waals surface area contributed by atoms with Gasteiger partial charge in [-0.15, -0.1) is 0 Å². The standard InChI is InChI=1S/C15H15ClN3O2/c1-8-17-13(16)9-6-7-19(14(9)18-8)10-4-5-11-12(10)21-15(2,3)20-11/h4,6-7,10-12H,1-3H3/t10-,11-,12+/m1/s1. The van der Waals surface area contributed by atoms with E-state index in [0.717, 1.165) is 11.0 Å². The molecule has 109 valence electrons. The van der Waals surface area contributed by atoms with E-state index >= 15 is 0 Å². The summed E-state index contributed by atoms with van der Waals surface area (Å²) in [6.45, 7) is 5.67. The largest absolute Gasteiger partial charge is 0.342 e. The van der Waals surface area contributed by atoms with E-state index < -0.39 is 5.79 Å². The quantitative estimate of drug-likeness (QED) is 0.760. The van der Waals surface area contributed by atoms with Crippen LogP contribution >= 0.6 is 11.6 Å². The topological polar surface area (TPSA) is 49.2 Å². The molecule has 3 heterocycles. The Hall–Kier alpha value is -1.43. The average Bonchev–Trinajstić information content (AvgIpc) is 3.00. The second-order valence-electron chi connectivity index (χ2n) is 5.87.